The van der Waals surface area contributed by atoms with Gasteiger partial charge in [-0.05, 0) is 52.0 Å². The van der Waals surface area contributed by atoms with E-state index in [1.54, 1.807) is 45.0 Å². The van der Waals surface area contributed by atoms with Gasteiger partial charge >= 0.3 is 6.09 Å². The fourth-order valence-corrected chi connectivity index (χ4v) is 2.58. The zero-order chi connectivity index (χ0) is 17.9. The number of amides is 1. The number of ketones is 1. The van der Waals surface area contributed by atoms with Gasteiger partial charge in [-0.3, -0.25) is 10.1 Å². The molecular weight excluding hydrogens is 328 g/mol. The molecule has 0 radical (unpaired) electrons. The number of nitrogens with zero attached hydrogens (tertiary/aromatic N) is 1. The first-order valence-electron chi connectivity index (χ1n) is 7.40. The average Bonchev–Trinajstić information content (AvgIpc) is 2.80. The van der Waals surface area contributed by atoms with Crippen LogP contribution in [-0.4, -0.2) is 22.5 Å². The lowest BCUT2D eigenvalue weighted by atomic mass is 10.2. The first-order valence-corrected chi connectivity index (χ1v) is 8.22. The second kappa shape index (κ2) is 7.00. The van der Waals surface area contributed by atoms with Crippen molar-refractivity contribution >= 4 is 28.9 Å². The summed E-state index contributed by atoms with van der Waals surface area (Å²) in [4.78, 5) is 28.0. The number of hydrogen-bond acceptors (Lipinski definition) is 6. The molecule has 7 heteroatoms. The number of carbonyl (C=O) groups is 2. The lowest BCUT2D eigenvalue weighted by molar-refractivity contribution is 0.0635. The van der Waals surface area contributed by atoms with Gasteiger partial charge in [-0.25, -0.2) is 9.78 Å². The molecule has 1 heterocycles. The molecule has 0 aliphatic rings. The standard InChI is InChI=1S/C17H20N2O4S/c1-10(20)14-15(18-11(2)24-14)22-13-8-6-12(7-9-13)19-16(21)23-17(3,4)5/h6-9H,1-5H3,(H,19,21). The number of nitrogens with one attached hydrogen (secondary N) is 1. The Balaban J connectivity index is 2.05. The summed E-state index contributed by atoms with van der Waals surface area (Å²) in [6.07, 6.45) is -0.523. The molecular formula is C17H20N2O4S. The minimum Gasteiger partial charge on any atom is -0.444 e. The Kier molecular flexibility index (Phi) is 5.23. The Labute approximate surface area is 144 Å². The van der Waals surface area contributed by atoms with Gasteiger partial charge in [0.25, 0.3) is 0 Å². The molecule has 2 aromatic rings. The van der Waals surface area contributed by atoms with Gasteiger partial charge in [0.2, 0.25) is 5.88 Å². The SMILES string of the molecule is CC(=O)c1sc(C)nc1Oc1ccc(NC(=O)OC(C)(C)C)cc1. The molecule has 128 valence electrons. The second-order valence-electron chi connectivity index (χ2n) is 6.18. The first kappa shape index (κ1) is 17.9. The number of ether oxygens (including phenoxy) is 2. The van der Waals surface area contributed by atoms with E-state index in [-0.39, 0.29) is 5.78 Å². The Morgan fingerprint density at radius 1 is 1.17 bits per heavy atom. The predicted octanol–water partition coefficient (Wildman–Crippen LogP) is 4.79. The Bertz CT molecular complexity index is 745. The van der Waals surface area contributed by atoms with Gasteiger partial charge in [-0.1, -0.05) is 0 Å². The van der Waals surface area contributed by atoms with E-state index < -0.39 is 11.7 Å². The quantitative estimate of drug-likeness (QED) is 0.804. The number of aryl methyl sites for hydroxylation is 1. The number of carbonyl (C=O) groups excluding carboxylic acids is 2. The van der Waals surface area contributed by atoms with E-state index in [2.05, 4.69) is 10.3 Å². The minimum absolute atomic E-state index is 0.0844. The molecule has 1 amide bonds. The second-order valence-corrected chi connectivity index (χ2v) is 7.38. The Morgan fingerprint density at radius 2 is 1.79 bits per heavy atom. The molecule has 0 aliphatic heterocycles. The van der Waals surface area contributed by atoms with E-state index in [1.807, 2.05) is 6.92 Å². The van der Waals surface area contributed by atoms with Gasteiger partial charge in [-0.2, -0.15) is 0 Å². The van der Waals surface area contributed by atoms with Crippen molar-refractivity contribution in [1.82, 2.24) is 4.98 Å². The zero-order valence-corrected chi connectivity index (χ0v) is 15.1. The van der Waals surface area contributed by atoms with Crippen LogP contribution in [0.5, 0.6) is 11.6 Å². The molecule has 1 aromatic heterocycles. The molecule has 2 rings (SSSR count). The summed E-state index contributed by atoms with van der Waals surface area (Å²) in [5, 5.41) is 3.40. The maximum Gasteiger partial charge on any atom is 0.412 e. The van der Waals surface area contributed by atoms with Gasteiger partial charge in [0.15, 0.2) is 5.78 Å². The van der Waals surface area contributed by atoms with Gasteiger partial charge in [0, 0.05) is 12.6 Å². The van der Waals surface area contributed by atoms with Crippen LogP contribution in [0.25, 0.3) is 0 Å². The first-order chi connectivity index (χ1) is 11.1. The normalized spacial score (nSPS) is 11.0. The van der Waals surface area contributed by atoms with Crippen molar-refractivity contribution in [1.29, 1.82) is 0 Å². The third-order valence-corrected chi connectivity index (χ3v) is 3.79. The van der Waals surface area contributed by atoms with Crippen LogP contribution in [0.15, 0.2) is 24.3 Å². The Morgan fingerprint density at radius 3 is 2.33 bits per heavy atom. The number of benzene rings is 1. The van der Waals surface area contributed by atoms with E-state index in [0.717, 1.165) is 5.01 Å². The number of hydrogen-bond donors (Lipinski definition) is 1. The number of thiazole rings is 1. The molecule has 0 spiro atoms. The van der Waals surface area contributed by atoms with Crippen molar-refractivity contribution in [2.24, 2.45) is 0 Å². The van der Waals surface area contributed by atoms with Crippen LogP contribution in [-0.2, 0) is 4.74 Å². The highest BCUT2D eigenvalue weighted by Crippen LogP contribution is 2.30. The smallest absolute Gasteiger partial charge is 0.412 e. The molecule has 0 saturated heterocycles. The van der Waals surface area contributed by atoms with Crippen LogP contribution < -0.4 is 10.1 Å². The number of aromatic nitrogens is 1. The molecule has 0 bridgehead atoms. The summed E-state index contributed by atoms with van der Waals surface area (Å²) in [7, 11) is 0. The fraction of sp³-hybridized carbons (Fsp3) is 0.353. The van der Waals surface area contributed by atoms with Crippen molar-refractivity contribution in [3.8, 4) is 11.6 Å². The largest absolute Gasteiger partial charge is 0.444 e. The highest BCUT2D eigenvalue weighted by Gasteiger charge is 2.17. The molecule has 1 N–H and O–H groups in total. The van der Waals surface area contributed by atoms with E-state index in [9.17, 15) is 9.59 Å². The zero-order valence-electron chi connectivity index (χ0n) is 14.3. The summed E-state index contributed by atoms with van der Waals surface area (Å²) >= 11 is 1.30. The monoisotopic (exact) mass is 348 g/mol. The summed E-state index contributed by atoms with van der Waals surface area (Å²) in [6.45, 7) is 8.69. The number of anilines is 1. The van der Waals surface area contributed by atoms with E-state index in [1.165, 1.54) is 18.3 Å². The molecule has 0 saturated carbocycles. The van der Waals surface area contributed by atoms with Crippen molar-refractivity contribution in [2.45, 2.75) is 40.2 Å². The fourth-order valence-electron chi connectivity index (χ4n) is 1.84. The van der Waals surface area contributed by atoms with Crippen LogP contribution in [0.4, 0.5) is 10.5 Å². The van der Waals surface area contributed by atoms with Crippen LogP contribution in [0, 0.1) is 6.92 Å². The third kappa shape index (κ3) is 5.06. The van der Waals surface area contributed by atoms with Crippen LogP contribution in [0.1, 0.15) is 42.4 Å². The predicted molar refractivity (Wildman–Crippen MR) is 93.2 cm³/mol. The molecule has 0 fully saturated rings. The lowest BCUT2D eigenvalue weighted by Crippen LogP contribution is -2.27. The maximum atomic E-state index is 11.7. The molecule has 6 nitrogen and oxygen atoms in total. The molecule has 0 atom stereocenters. The topological polar surface area (TPSA) is 77.5 Å². The summed E-state index contributed by atoms with van der Waals surface area (Å²) in [5.74, 6) is 0.745. The maximum absolute atomic E-state index is 11.7. The summed E-state index contributed by atoms with van der Waals surface area (Å²) in [6, 6.07) is 6.74. The van der Waals surface area contributed by atoms with Crippen LogP contribution in [0.3, 0.4) is 0 Å². The highest BCUT2D eigenvalue weighted by atomic mass is 32.1. The highest BCUT2D eigenvalue weighted by molar-refractivity contribution is 7.13. The lowest BCUT2D eigenvalue weighted by Gasteiger charge is -2.19. The van der Waals surface area contributed by atoms with Crippen molar-refractivity contribution in [3.05, 3.63) is 34.2 Å². The van der Waals surface area contributed by atoms with Crippen molar-refractivity contribution in [3.63, 3.8) is 0 Å². The third-order valence-electron chi connectivity index (χ3n) is 2.74. The Hall–Kier alpha value is -2.41. The minimum atomic E-state index is -0.557. The molecule has 0 unspecified atom stereocenters. The van der Waals surface area contributed by atoms with E-state index >= 15 is 0 Å². The van der Waals surface area contributed by atoms with Crippen LogP contribution in [0.2, 0.25) is 0 Å². The van der Waals surface area contributed by atoms with Crippen molar-refractivity contribution < 1.29 is 19.1 Å². The van der Waals surface area contributed by atoms with E-state index in [4.69, 9.17) is 9.47 Å². The molecule has 24 heavy (non-hydrogen) atoms. The molecule has 1 aromatic carbocycles. The van der Waals surface area contributed by atoms with Gasteiger partial charge in [0.1, 0.15) is 16.2 Å². The molecule has 0 aliphatic carbocycles. The van der Waals surface area contributed by atoms with Gasteiger partial charge < -0.3 is 9.47 Å². The van der Waals surface area contributed by atoms with Gasteiger partial charge in [0.05, 0.1) is 5.01 Å². The van der Waals surface area contributed by atoms with Gasteiger partial charge in [-0.15, -0.1) is 11.3 Å². The summed E-state index contributed by atoms with van der Waals surface area (Å²) < 4.78 is 10.9. The van der Waals surface area contributed by atoms with Crippen LogP contribution >= 0.6 is 11.3 Å². The average molecular weight is 348 g/mol. The van der Waals surface area contributed by atoms with E-state index in [0.29, 0.717) is 22.2 Å². The van der Waals surface area contributed by atoms with Crippen molar-refractivity contribution in [2.75, 3.05) is 5.32 Å². The summed E-state index contributed by atoms with van der Waals surface area (Å²) in [5.41, 5.74) is 0.0245. The number of Topliss-reactive ketones (excluding diaryl/α,β-unsaturated/α-hetero) is 1. The number of rotatable bonds is 4.